The van der Waals surface area contributed by atoms with Crippen molar-refractivity contribution >= 4 is 27.7 Å². The number of aliphatic imine (C=N–C) groups is 1. The predicted molar refractivity (Wildman–Crippen MR) is 43.9 cm³/mol. The first-order chi connectivity index (χ1) is 5.27. The highest BCUT2D eigenvalue weighted by atomic mass is 79.9. The van der Waals surface area contributed by atoms with Gasteiger partial charge in [-0.05, 0) is 0 Å². The highest BCUT2D eigenvalue weighted by Gasteiger charge is 2.35. The van der Waals surface area contributed by atoms with Crippen LogP contribution < -0.4 is 10.4 Å². The lowest BCUT2D eigenvalue weighted by Gasteiger charge is -2.06. The zero-order valence-electron chi connectivity index (χ0n) is 5.41. The number of halogens is 1. The van der Waals surface area contributed by atoms with Gasteiger partial charge in [-0.25, -0.2) is 0 Å². The summed E-state index contributed by atoms with van der Waals surface area (Å²) in [6, 6.07) is 0. The van der Waals surface area contributed by atoms with Gasteiger partial charge in [0.25, 0.3) is 10.5 Å². The lowest BCUT2D eigenvalue weighted by Crippen LogP contribution is -2.49. The second-order valence-corrected chi connectivity index (χ2v) is 2.90. The molecule has 0 saturated heterocycles. The van der Waals surface area contributed by atoms with Gasteiger partial charge in [0, 0.05) is 28.1 Å². The quantitative estimate of drug-likeness (QED) is 0.458. The fraction of sp³-hybridized carbons (Fsp3) is 0. The summed E-state index contributed by atoms with van der Waals surface area (Å²) >= 11 is 3.23. The second kappa shape index (κ2) is 2.28. The molecule has 0 aromatic carbocycles. The lowest BCUT2D eigenvalue weighted by molar-refractivity contribution is -0.117. The van der Waals surface area contributed by atoms with E-state index in [1.54, 1.807) is 17.3 Å². The SMILES string of the molecule is O=C1C=CC2=NC=C(Br)[N+]2N1. The van der Waals surface area contributed by atoms with E-state index in [-0.39, 0.29) is 5.91 Å². The topological polar surface area (TPSA) is 47.4 Å². The lowest BCUT2D eigenvalue weighted by atomic mass is 10.4. The van der Waals surface area contributed by atoms with Crippen LogP contribution in [0.15, 0.2) is 28.0 Å². The Kier molecular flexibility index (Phi) is 1.40. The minimum absolute atomic E-state index is 0.142. The highest BCUT2D eigenvalue weighted by Crippen LogP contribution is 2.16. The Balaban J connectivity index is 2.35. The van der Waals surface area contributed by atoms with Crippen molar-refractivity contribution in [3.8, 4) is 0 Å². The maximum absolute atomic E-state index is 10.8. The molecular weight excluding hydrogens is 210 g/mol. The van der Waals surface area contributed by atoms with Crippen LogP contribution in [0.3, 0.4) is 0 Å². The summed E-state index contributed by atoms with van der Waals surface area (Å²) in [4.78, 5) is 14.8. The molecule has 1 N–H and O–H groups in total. The van der Waals surface area contributed by atoms with E-state index in [1.807, 2.05) is 0 Å². The monoisotopic (exact) mass is 213 g/mol. The second-order valence-electron chi connectivity index (χ2n) is 2.08. The average molecular weight is 214 g/mol. The van der Waals surface area contributed by atoms with Gasteiger partial charge in [-0.15, -0.1) is 5.43 Å². The zero-order valence-corrected chi connectivity index (χ0v) is 7.00. The third-order valence-corrected chi connectivity index (χ3v) is 1.91. The molecule has 0 unspecified atom stereocenters. The van der Waals surface area contributed by atoms with Crippen LogP contribution in [-0.4, -0.2) is 11.7 Å². The molecule has 55 valence electrons. The summed E-state index contributed by atoms with van der Waals surface area (Å²) in [6.07, 6.45) is 4.73. The van der Waals surface area contributed by atoms with E-state index >= 15 is 0 Å². The van der Waals surface area contributed by atoms with Crippen LogP contribution in [0.25, 0.3) is 0 Å². The molecule has 5 heteroatoms. The van der Waals surface area contributed by atoms with Crippen LogP contribution in [0, 0.1) is 0 Å². The molecule has 0 aromatic heterocycles. The van der Waals surface area contributed by atoms with Crippen molar-refractivity contribution in [3.63, 3.8) is 0 Å². The number of hydrogen-bond donors (Lipinski definition) is 1. The van der Waals surface area contributed by atoms with Gasteiger partial charge in [-0.1, -0.05) is 0 Å². The predicted octanol–water partition coefficient (Wildman–Crippen LogP) is 0.333. The summed E-state index contributed by atoms with van der Waals surface area (Å²) in [5, 5.41) is 1.57. The van der Waals surface area contributed by atoms with Crippen molar-refractivity contribution in [2.45, 2.75) is 0 Å². The van der Waals surface area contributed by atoms with E-state index in [4.69, 9.17) is 0 Å². The van der Waals surface area contributed by atoms with Gasteiger partial charge in [0.15, 0.2) is 0 Å². The smallest absolute Gasteiger partial charge is 0.265 e. The fourth-order valence-electron chi connectivity index (χ4n) is 0.870. The van der Waals surface area contributed by atoms with Crippen LogP contribution in [0.4, 0.5) is 0 Å². The summed E-state index contributed by atoms with van der Waals surface area (Å²) in [5.41, 5.74) is 2.59. The Hall–Kier alpha value is -0.940. The molecule has 0 bridgehead atoms. The molecule has 2 heterocycles. The zero-order chi connectivity index (χ0) is 7.84. The van der Waals surface area contributed by atoms with Gasteiger partial charge < -0.3 is 0 Å². The standard InChI is InChI=1S/C6H4BrN3O/c7-4-3-8-5-1-2-6(11)9-10(4)5/h1-3H,(H,9,11)/q+1. The van der Waals surface area contributed by atoms with Gasteiger partial charge in [0.2, 0.25) is 0 Å². The summed E-state index contributed by atoms with van der Waals surface area (Å²) in [7, 11) is 0. The highest BCUT2D eigenvalue weighted by molar-refractivity contribution is 9.11. The van der Waals surface area contributed by atoms with Crippen molar-refractivity contribution in [3.05, 3.63) is 23.0 Å². The molecule has 0 fully saturated rings. The van der Waals surface area contributed by atoms with E-state index in [9.17, 15) is 4.79 Å². The number of hydrogen-bond acceptors (Lipinski definition) is 3. The average Bonchev–Trinajstić information content (AvgIpc) is 2.33. The first-order valence-electron chi connectivity index (χ1n) is 3.00. The number of rotatable bonds is 0. The van der Waals surface area contributed by atoms with Crippen LogP contribution in [0.5, 0.6) is 0 Å². The minimum atomic E-state index is -0.142. The number of fused-ring (bicyclic) bond motifs is 1. The molecule has 0 atom stereocenters. The number of amides is 1. The molecule has 2 aliphatic heterocycles. The number of nitrogens with zero attached hydrogens (tertiary/aromatic N) is 2. The largest absolute Gasteiger partial charge is 0.311 e. The van der Waals surface area contributed by atoms with Gasteiger partial charge in [0.05, 0.1) is 5.01 Å². The number of amidine groups is 1. The Morgan fingerprint density at radius 1 is 1.55 bits per heavy atom. The minimum Gasteiger partial charge on any atom is -0.265 e. The third-order valence-electron chi connectivity index (χ3n) is 1.35. The van der Waals surface area contributed by atoms with Crippen LogP contribution in [-0.2, 0) is 4.79 Å². The maximum atomic E-state index is 10.8. The molecular formula is C6H4BrN3O+. The van der Waals surface area contributed by atoms with Crippen molar-refractivity contribution in [1.82, 2.24) is 10.4 Å². The molecule has 0 saturated carbocycles. The molecule has 2 rings (SSSR count). The van der Waals surface area contributed by atoms with Crippen LogP contribution in [0.1, 0.15) is 0 Å². The van der Waals surface area contributed by atoms with E-state index in [2.05, 4.69) is 26.3 Å². The van der Waals surface area contributed by atoms with E-state index in [0.717, 1.165) is 10.4 Å². The number of carbonyl (C=O) groups is 1. The summed E-state index contributed by atoms with van der Waals surface area (Å²) in [5.74, 6) is 0.577. The van der Waals surface area contributed by atoms with Gasteiger partial charge in [0.1, 0.15) is 6.20 Å². The molecule has 0 aromatic rings. The summed E-state index contributed by atoms with van der Waals surface area (Å²) < 4.78 is 0.741. The number of nitrogens with one attached hydrogen (secondary N) is 1. The molecule has 0 spiro atoms. The van der Waals surface area contributed by atoms with E-state index in [1.165, 1.54) is 6.08 Å². The Morgan fingerprint density at radius 3 is 3.18 bits per heavy atom. The molecule has 4 nitrogen and oxygen atoms in total. The molecule has 1 amide bonds. The molecule has 1 radical (unpaired) electrons. The normalized spacial score (nSPS) is 22.5. The summed E-state index contributed by atoms with van der Waals surface area (Å²) in [6.45, 7) is 0. The molecule has 2 aliphatic rings. The van der Waals surface area contributed by atoms with Crippen molar-refractivity contribution in [2.24, 2.45) is 4.99 Å². The van der Waals surface area contributed by atoms with E-state index < -0.39 is 0 Å². The van der Waals surface area contributed by atoms with Gasteiger partial charge in [-0.2, -0.15) is 4.99 Å². The van der Waals surface area contributed by atoms with Crippen molar-refractivity contribution < 1.29 is 4.79 Å². The van der Waals surface area contributed by atoms with Crippen molar-refractivity contribution in [2.75, 3.05) is 0 Å². The Bertz CT molecular complexity index is 305. The van der Waals surface area contributed by atoms with E-state index in [0.29, 0.717) is 0 Å². The van der Waals surface area contributed by atoms with Gasteiger partial charge in [-0.3, -0.25) is 4.79 Å². The van der Waals surface area contributed by atoms with Gasteiger partial charge >= 0.3 is 5.84 Å². The van der Waals surface area contributed by atoms with Crippen LogP contribution in [0.2, 0.25) is 0 Å². The molecule has 0 aliphatic carbocycles. The Morgan fingerprint density at radius 2 is 2.36 bits per heavy atom. The van der Waals surface area contributed by atoms with Crippen molar-refractivity contribution in [1.29, 1.82) is 0 Å². The van der Waals surface area contributed by atoms with Crippen LogP contribution >= 0.6 is 15.9 Å². The Labute approximate surface area is 71.4 Å². The number of carbonyl (C=O) groups excluding carboxylic acids is 1. The fourth-order valence-corrected chi connectivity index (χ4v) is 1.24. The number of hydrazine groups is 1. The first kappa shape index (κ1) is 6.75. The maximum Gasteiger partial charge on any atom is 0.311 e. The third kappa shape index (κ3) is 1.02. The first-order valence-corrected chi connectivity index (χ1v) is 3.79. The molecule has 11 heavy (non-hydrogen) atoms.